The third-order valence-electron chi connectivity index (χ3n) is 4.74. The van der Waals surface area contributed by atoms with Crippen molar-refractivity contribution in [1.82, 2.24) is 0 Å². The molecular weight excluding hydrogens is 428 g/mol. The number of aryl methyl sites for hydroxylation is 1. The normalized spacial score (nSPS) is 13.9. The van der Waals surface area contributed by atoms with Gasteiger partial charge in [0.05, 0.1) is 26.9 Å². The van der Waals surface area contributed by atoms with Crippen LogP contribution in [0, 0.1) is 6.92 Å². The highest BCUT2D eigenvalue weighted by Gasteiger charge is 2.31. The molecule has 0 fully saturated rings. The van der Waals surface area contributed by atoms with Gasteiger partial charge in [-0.05, 0) is 57.5 Å². The van der Waals surface area contributed by atoms with Gasteiger partial charge in [0.2, 0.25) is 11.5 Å². The molecule has 0 atom stereocenters. The Morgan fingerprint density at radius 2 is 1.73 bits per heavy atom. The maximum atomic E-state index is 13.0. The lowest BCUT2D eigenvalue weighted by Crippen LogP contribution is -2.27. The number of benzene rings is 2. The largest absolute Gasteiger partial charge is 0.493 e. The second-order valence-corrected chi connectivity index (χ2v) is 8.35. The molecule has 3 rings (SSSR count). The first-order valence-electron chi connectivity index (χ1n) is 10.3. The molecule has 0 aliphatic carbocycles. The lowest BCUT2D eigenvalue weighted by molar-refractivity contribution is -0.157. The predicted octanol–water partition coefficient (Wildman–Crippen LogP) is 4.36. The third-order valence-corrected chi connectivity index (χ3v) is 4.74. The minimum absolute atomic E-state index is 0.128. The molecule has 1 aliphatic rings. The number of ketones is 1. The number of fused-ring (bicyclic) bond motifs is 1. The molecule has 0 saturated heterocycles. The van der Waals surface area contributed by atoms with E-state index in [2.05, 4.69) is 0 Å². The van der Waals surface area contributed by atoms with Crippen molar-refractivity contribution in [3.63, 3.8) is 0 Å². The number of carbonyl (C=O) groups is 2. The van der Waals surface area contributed by atoms with Gasteiger partial charge < -0.3 is 28.4 Å². The molecule has 0 bridgehead atoms. The summed E-state index contributed by atoms with van der Waals surface area (Å²) in [4.78, 5) is 25.0. The van der Waals surface area contributed by atoms with Crippen molar-refractivity contribution in [2.45, 2.75) is 33.3 Å². The molecule has 0 N–H and O–H groups in total. The van der Waals surface area contributed by atoms with Gasteiger partial charge in [-0.2, -0.15) is 0 Å². The molecule has 0 radical (unpaired) electrons. The zero-order valence-electron chi connectivity index (χ0n) is 19.9. The molecule has 0 unspecified atom stereocenters. The van der Waals surface area contributed by atoms with Crippen LogP contribution in [0.2, 0.25) is 0 Å². The van der Waals surface area contributed by atoms with E-state index in [0.29, 0.717) is 45.4 Å². The van der Waals surface area contributed by atoms with Gasteiger partial charge in [0.15, 0.2) is 23.9 Å². The fourth-order valence-corrected chi connectivity index (χ4v) is 3.45. The van der Waals surface area contributed by atoms with E-state index >= 15 is 0 Å². The predicted molar refractivity (Wildman–Crippen MR) is 122 cm³/mol. The molecule has 1 heterocycles. The van der Waals surface area contributed by atoms with Crippen LogP contribution in [0.5, 0.6) is 28.7 Å². The zero-order chi connectivity index (χ0) is 24.3. The van der Waals surface area contributed by atoms with E-state index in [1.165, 1.54) is 21.3 Å². The zero-order valence-corrected chi connectivity index (χ0v) is 19.9. The van der Waals surface area contributed by atoms with Gasteiger partial charge in [0.1, 0.15) is 17.1 Å². The molecule has 1 aliphatic heterocycles. The highest BCUT2D eigenvalue weighted by Crippen LogP contribution is 2.42. The second kappa shape index (κ2) is 9.44. The highest BCUT2D eigenvalue weighted by molar-refractivity contribution is 6.15. The summed E-state index contributed by atoms with van der Waals surface area (Å²) in [6, 6.07) is 6.73. The number of hydrogen-bond acceptors (Lipinski definition) is 8. The molecule has 8 nitrogen and oxygen atoms in total. The lowest BCUT2D eigenvalue weighted by Gasteiger charge is -2.19. The van der Waals surface area contributed by atoms with Crippen molar-refractivity contribution in [3.8, 4) is 28.7 Å². The molecule has 2 aromatic carbocycles. The first-order valence-corrected chi connectivity index (χ1v) is 10.3. The Morgan fingerprint density at radius 1 is 1.03 bits per heavy atom. The summed E-state index contributed by atoms with van der Waals surface area (Å²) in [6.45, 7) is 6.87. The van der Waals surface area contributed by atoms with Crippen LogP contribution >= 0.6 is 0 Å². The van der Waals surface area contributed by atoms with Gasteiger partial charge in [0, 0.05) is 11.6 Å². The number of carbonyl (C=O) groups excluding carboxylic acids is 2. The van der Waals surface area contributed by atoms with Crippen LogP contribution in [0.3, 0.4) is 0 Å². The molecule has 2 aromatic rings. The number of ether oxygens (including phenoxy) is 6. The Kier molecular flexibility index (Phi) is 6.86. The van der Waals surface area contributed by atoms with E-state index in [-0.39, 0.29) is 18.1 Å². The van der Waals surface area contributed by atoms with Crippen molar-refractivity contribution in [3.05, 3.63) is 46.7 Å². The van der Waals surface area contributed by atoms with Crippen LogP contribution in [0.15, 0.2) is 30.0 Å². The van der Waals surface area contributed by atoms with E-state index in [1.54, 1.807) is 58.0 Å². The van der Waals surface area contributed by atoms with E-state index in [4.69, 9.17) is 28.4 Å². The van der Waals surface area contributed by atoms with Crippen LogP contribution < -0.4 is 23.7 Å². The van der Waals surface area contributed by atoms with E-state index in [0.717, 1.165) is 0 Å². The SMILES string of the molecule is COc1ccc(/C=C2\Oc3cc(OCC(=O)OC(C)(C)C)cc(C)c3C2=O)c(OC)c1OC. The van der Waals surface area contributed by atoms with Crippen LogP contribution in [0.1, 0.15) is 42.3 Å². The molecule has 33 heavy (non-hydrogen) atoms. The summed E-state index contributed by atoms with van der Waals surface area (Å²) >= 11 is 0. The van der Waals surface area contributed by atoms with Gasteiger partial charge >= 0.3 is 5.97 Å². The van der Waals surface area contributed by atoms with Crippen LogP contribution in [0.4, 0.5) is 0 Å². The number of esters is 1. The van der Waals surface area contributed by atoms with Gasteiger partial charge in [-0.25, -0.2) is 4.79 Å². The minimum Gasteiger partial charge on any atom is -0.493 e. The fourth-order valence-electron chi connectivity index (χ4n) is 3.45. The maximum absolute atomic E-state index is 13.0. The Balaban J connectivity index is 1.87. The summed E-state index contributed by atoms with van der Waals surface area (Å²) in [5.41, 5.74) is 1.09. The standard InChI is InChI=1S/C25H28O8/c1-14-10-16(31-13-20(26)33-25(2,3)4)12-18-21(14)22(27)19(32-18)11-15-8-9-17(28-5)24(30-7)23(15)29-6/h8-12H,13H2,1-7H3/b19-11-. The molecule has 0 amide bonds. The Morgan fingerprint density at radius 3 is 2.33 bits per heavy atom. The Hall–Kier alpha value is -3.68. The summed E-state index contributed by atoms with van der Waals surface area (Å²) < 4.78 is 32.9. The van der Waals surface area contributed by atoms with E-state index in [9.17, 15) is 9.59 Å². The van der Waals surface area contributed by atoms with Crippen LogP contribution in [-0.4, -0.2) is 45.3 Å². The van der Waals surface area contributed by atoms with Crippen molar-refractivity contribution in [1.29, 1.82) is 0 Å². The van der Waals surface area contributed by atoms with Crippen molar-refractivity contribution in [2.24, 2.45) is 0 Å². The van der Waals surface area contributed by atoms with Crippen molar-refractivity contribution >= 4 is 17.8 Å². The first-order chi connectivity index (χ1) is 15.6. The fraction of sp³-hybridized carbons (Fsp3) is 0.360. The Bertz CT molecular complexity index is 1110. The third kappa shape index (κ3) is 5.22. The number of Topliss-reactive ketones (excluding diaryl/α,β-unsaturated/α-hetero) is 1. The molecule has 0 spiro atoms. The molecule has 8 heteroatoms. The number of rotatable bonds is 7. The average Bonchev–Trinajstić information content (AvgIpc) is 3.06. The highest BCUT2D eigenvalue weighted by atomic mass is 16.6. The second-order valence-electron chi connectivity index (χ2n) is 8.35. The summed E-state index contributed by atoms with van der Waals surface area (Å²) in [6.07, 6.45) is 1.59. The first kappa shape index (κ1) is 24.0. The number of allylic oxidation sites excluding steroid dienone is 1. The summed E-state index contributed by atoms with van der Waals surface area (Å²) in [5.74, 6) is 1.45. The van der Waals surface area contributed by atoms with E-state index in [1.807, 2.05) is 0 Å². The van der Waals surface area contributed by atoms with Gasteiger partial charge in [-0.3, -0.25) is 4.79 Å². The van der Waals surface area contributed by atoms with Crippen molar-refractivity contribution < 1.29 is 38.0 Å². The van der Waals surface area contributed by atoms with Gasteiger partial charge in [0.25, 0.3) is 0 Å². The number of hydrogen-bond donors (Lipinski definition) is 0. The van der Waals surface area contributed by atoms with Gasteiger partial charge in [-0.1, -0.05) is 0 Å². The maximum Gasteiger partial charge on any atom is 0.344 e. The molecule has 176 valence electrons. The summed E-state index contributed by atoms with van der Waals surface area (Å²) in [7, 11) is 4.54. The quantitative estimate of drug-likeness (QED) is 0.449. The Labute approximate surface area is 193 Å². The minimum atomic E-state index is -0.602. The van der Waals surface area contributed by atoms with E-state index < -0.39 is 11.6 Å². The molecule has 0 saturated carbocycles. The van der Waals surface area contributed by atoms with Crippen LogP contribution in [0.25, 0.3) is 6.08 Å². The molecular formula is C25H28O8. The monoisotopic (exact) mass is 456 g/mol. The smallest absolute Gasteiger partial charge is 0.344 e. The average molecular weight is 456 g/mol. The van der Waals surface area contributed by atoms with Gasteiger partial charge in [-0.15, -0.1) is 0 Å². The number of methoxy groups -OCH3 is 3. The molecule has 0 aromatic heterocycles. The van der Waals surface area contributed by atoms with Crippen LogP contribution in [-0.2, 0) is 9.53 Å². The summed E-state index contributed by atoms with van der Waals surface area (Å²) in [5, 5.41) is 0. The van der Waals surface area contributed by atoms with Crippen molar-refractivity contribution in [2.75, 3.05) is 27.9 Å². The lowest BCUT2D eigenvalue weighted by atomic mass is 10.0. The topological polar surface area (TPSA) is 89.5 Å².